The predicted octanol–water partition coefficient (Wildman–Crippen LogP) is 1.88. The second kappa shape index (κ2) is 3.91. The van der Waals surface area contributed by atoms with Crippen LogP contribution in [0.1, 0.15) is 46.5 Å². The normalized spacial score (nSPS) is 34.0. The van der Waals surface area contributed by atoms with Crippen LogP contribution < -0.4 is 5.73 Å². The van der Waals surface area contributed by atoms with Crippen molar-refractivity contribution in [3.8, 4) is 0 Å². The van der Waals surface area contributed by atoms with Crippen LogP contribution >= 0.6 is 0 Å². The van der Waals surface area contributed by atoms with Gasteiger partial charge in [-0.05, 0) is 46.5 Å². The Morgan fingerprint density at radius 2 is 1.88 bits per heavy atom. The third-order valence-corrected chi connectivity index (χ3v) is 3.48. The zero-order valence-corrected chi connectivity index (χ0v) is 10.4. The van der Waals surface area contributed by atoms with Gasteiger partial charge in [0, 0.05) is 12.1 Å². The van der Waals surface area contributed by atoms with Gasteiger partial charge in [0.1, 0.15) is 5.60 Å². The fraction of sp³-hybridized carbons (Fsp3) is 0.917. The highest BCUT2D eigenvalue weighted by Crippen LogP contribution is 2.35. The molecule has 0 aromatic rings. The van der Waals surface area contributed by atoms with Gasteiger partial charge in [0.15, 0.2) is 0 Å². The molecule has 2 aliphatic heterocycles. The summed E-state index contributed by atoms with van der Waals surface area (Å²) in [7, 11) is 0. The van der Waals surface area contributed by atoms with E-state index in [1.165, 1.54) is 0 Å². The molecule has 3 atom stereocenters. The van der Waals surface area contributed by atoms with Gasteiger partial charge in [-0.3, -0.25) is 0 Å². The lowest BCUT2D eigenvalue weighted by Gasteiger charge is -2.39. The molecular formula is C12H22N2O2. The second-order valence-corrected chi connectivity index (χ2v) is 5.93. The van der Waals surface area contributed by atoms with E-state index in [9.17, 15) is 4.79 Å². The molecule has 0 aromatic carbocycles. The van der Waals surface area contributed by atoms with E-state index in [0.29, 0.717) is 6.04 Å². The fourth-order valence-electron chi connectivity index (χ4n) is 2.79. The highest BCUT2D eigenvalue weighted by molar-refractivity contribution is 5.69. The third-order valence-electron chi connectivity index (χ3n) is 3.48. The van der Waals surface area contributed by atoms with Crippen LogP contribution in [0.4, 0.5) is 4.79 Å². The molecule has 2 N–H and O–H groups in total. The molecule has 0 spiro atoms. The number of nitrogens with zero attached hydrogens (tertiary/aromatic N) is 1. The first-order valence-electron chi connectivity index (χ1n) is 6.15. The molecule has 4 nitrogen and oxygen atoms in total. The quantitative estimate of drug-likeness (QED) is 0.686. The average molecular weight is 226 g/mol. The maximum atomic E-state index is 12.1. The van der Waals surface area contributed by atoms with Gasteiger partial charge in [0.25, 0.3) is 0 Å². The lowest BCUT2D eigenvalue weighted by Crippen LogP contribution is -2.54. The van der Waals surface area contributed by atoms with Gasteiger partial charge >= 0.3 is 6.09 Å². The van der Waals surface area contributed by atoms with Crippen molar-refractivity contribution in [3.63, 3.8) is 0 Å². The van der Waals surface area contributed by atoms with Crippen molar-refractivity contribution in [1.82, 2.24) is 4.90 Å². The number of piperidine rings is 1. The third kappa shape index (κ3) is 2.17. The minimum atomic E-state index is -0.419. The van der Waals surface area contributed by atoms with Gasteiger partial charge < -0.3 is 15.4 Å². The lowest BCUT2D eigenvalue weighted by molar-refractivity contribution is 0.00505. The van der Waals surface area contributed by atoms with Crippen molar-refractivity contribution in [3.05, 3.63) is 0 Å². The van der Waals surface area contributed by atoms with Crippen molar-refractivity contribution >= 4 is 6.09 Å². The minimum absolute atomic E-state index is 0.131. The highest BCUT2D eigenvalue weighted by Gasteiger charge is 2.44. The number of carbonyl (C=O) groups is 1. The van der Waals surface area contributed by atoms with Crippen LogP contribution in [0, 0.1) is 0 Å². The zero-order valence-electron chi connectivity index (χ0n) is 10.4. The number of hydrogen-bond donors (Lipinski definition) is 1. The monoisotopic (exact) mass is 226 g/mol. The molecule has 0 radical (unpaired) electrons. The standard InChI is InChI=1S/C12H22N2O2/c1-12(2,3)16-11(15)14-8-4-6-9(13)10(14)7-5-8/h8-10H,4-7,13H2,1-3H3. The molecule has 2 saturated heterocycles. The van der Waals surface area contributed by atoms with Gasteiger partial charge in [-0.25, -0.2) is 4.79 Å². The molecule has 2 heterocycles. The summed E-state index contributed by atoms with van der Waals surface area (Å²) in [5, 5.41) is 0. The predicted molar refractivity (Wildman–Crippen MR) is 62.1 cm³/mol. The molecule has 92 valence electrons. The maximum absolute atomic E-state index is 12.1. The largest absolute Gasteiger partial charge is 0.444 e. The summed E-state index contributed by atoms with van der Waals surface area (Å²) in [6.07, 6.45) is 3.99. The Morgan fingerprint density at radius 1 is 1.25 bits per heavy atom. The molecule has 3 unspecified atom stereocenters. The molecule has 4 heteroatoms. The maximum Gasteiger partial charge on any atom is 0.410 e. The summed E-state index contributed by atoms with van der Waals surface area (Å²) < 4.78 is 5.44. The Bertz CT molecular complexity index is 285. The van der Waals surface area contributed by atoms with Crippen molar-refractivity contribution in [2.75, 3.05) is 0 Å². The van der Waals surface area contributed by atoms with E-state index < -0.39 is 5.60 Å². The lowest BCUT2D eigenvalue weighted by atomic mass is 9.99. The van der Waals surface area contributed by atoms with Crippen LogP contribution in [0.3, 0.4) is 0 Å². The summed E-state index contributed by atoms with van der Waals surface area (Å²) in [5.74, 6) is 0. The van der Waals surface area contributed by atoms with E-state index >= 15 is 0 Å². The van der Waals surface area contributed by atoms with Crippen molar-refractivity contribution < 1.29 is 9.53 Å². The van der Waals surface area contributed by atoms with Crippen LogP contribution in [0.25, 0.3) is 0 Å². The number of hydrogen-bond acceptors (Lipinski definition) is 3. The topological polar surface area (TPSA) is 55.6 Å². The Morgan fingerprint density at radius 3 is 2.50 bits per heavy atom. The Kier molecular flexibility index (Phi) is 2.86. The van der Waals surface area contributed by atoms with E-state index in [-0.39, 0.29) is 18.2 Å². The van der Waals surface area contributed by atoms with Crippen molar-refractivity contribution in [2.24, 2.45) is 5.73 Å². The van der Waals surface area contributed by atoms with Gasteiger partial charge in [-0.15, -0.1) is 0 Å². The molecule has 0 aliphatic carbocycles. The fourth-order valence-corrected chi connectivity index (χ4v) is 2.79. The van der Waals surface area contributed by atoms with Gasteiger partial charge in [-0.2, -0.15) is 0 Å². The van der Waals surface area contributed by atoms with E-state index in [1.807, 2.05) is 25.7 Å². The van der Waals surface area contributed by atoms with Gasteiger partial charge in [0.2, 0.25) is 0 Å². The molecule has 2 fully saturated rings. The van der Waals surface area contributed by atoms with Crippen molar-refractivity contribution in [1.29, 1.82) is 0 Å². The molecule has 2 aliphatic rings. The molecule has 2 rings (SSSR count). The smallest absolute Gasteiger partial charge is 0.410 e. The van der Waals surface area contributed by atoms with E-state index in [4.69, 9.17) is 10.5 Å². The van der Waals surface area contributed by atoms with Gasteiger partial charge in [0.05, 0.1) is 6.04 Å². The summed E-state index contributed by atoms with van der Waals surface area (Å²) in [6.45, 7) is 5.70. The Labute approximate surface area is 97.1 Å². The van der Waals surface area contributed by atoms with Gasteiger partial charge in [-0.1, -0.05) is 0 Å². The number of rotatable bonds is 0. The van der Waals surface area contributed by atoms with Crippen LogP contribution in [0.2, 0.25) is 0 Å². The molecular weight excluding hydrogens is 204 g/mol. The number of fused-ring (bicyclic) bond motifs is 2. The summed E-state index contributed by atoms with van der Waals surface area (Å²) in [5.41, 5.74) is 5.64. The van der Waals surface area contributed by atoms with E-state index in [1.54, 1.807) is 0 Å². The summed E-state index contributed by atoms with van der Waals surface area (Å²) in [6, 6.07) is 0.694. The summed E-state index contributed by atoms with van der Waals surface area (Å²) >= 11 is 0. The molecule has 0 saturated carbocycles. The molecule has 2 bridgehead atoms. The van der Waals surface area contributed by atoms with Crippen LogP contribution in [0.15, 0.2) is 0 Å². The first-order valence-corrected chi connectivity index (χ1v) is 6.15. The average Bonchev–Trinajstić information content (AvgIpc) is 2.46. The number of nitrogens with two attached hydrogens (primary N) is 1. The van der Waals surface area contributed by atoms with Crippen LogP contribution in [-0.4, -0.2) is 34.7 Å². The second-order valence-electron chi connectivity index (χ2n) is 5.93. The zero-order chi connectivity index (χ0) is 11.9. The number of amides is 1. The van der Waals surface area contributed by atoms with Crippen molar-refractivity contribution in [2.45, 2.75) is 70.2 Å². The number of ether oxygens (including phenoxy) is 1. The Hall–Kier alpha value is -0.770. The first kappa shape index (κ1) is 11.7. The number of carbonyl (C=O) groups excluding carboxylic acids is 1. The van der Waals surface area contributed by atoms with E-state index in [2.05, 4.69) is 0 Å². The molecule has 16 heavy (non-hydrogen) atoms. The minimum Gasteiger partial charge on any atom is -0.444 e. The van der Waals surface area contributed by atoms with E-state index in [0.717, 1.165) is 25.7 Å². The molecule has 0 aromatic heterocycles. The SMILES string of the molecule is CC(C)(C)OC(=O)N1C2CCC(N)C1CC2. The molecule has 1 amide bonds. The highest BCUT2D eigenvalue weighted by atomic mass is 16.6. The van der Waals surface area contributed by atoms with Crippen LogP contribution in [0.5, 0.6) is 0 Å². The first-order chi connectivity index (χ1) is 7.38. The summed E-state index contributed by atoms with van der Waals surface area (Å²) in [4.78, 5) is 14.0. The Balaban J connectivity index is 2.07. The van der Waals surface area contributed by atoms with Crippen LogP contribution in [-0.2, 0) is 4.74 Å².